The Labute approximate surface area is 158 Å². The van der Waals surface area contributed by atoms with Crippen LogP contribution >= 0.6 is 0 Å². The second-order valence-corrected chi connectivity index (χ2v) is 7.42. The van der Waals surface area contributed by atoms with Crippen LogP contribution in [-0.2, 0) is 17.6 Å². The van der Waals surface area contributed by atoms with E-state index in [-0.39, 0.29) is 11.9 Å². The molecule has 0 heterocycles. The first-order chi connectivity index (χ1) is 13.0. The van der Waals surface area contributed by atoms with Crippen molar-refractivity contribution in [2.75, 3.05) is 16.0 Å². The number of urea groups is 1. The fraction of sp³-hybridized carbons (Fsp3) is 0.333. The molecule has 1 fully saturated rings. The van der Waals surface area contributed by atoms with Crippen LogP contribution in [0.15, 0.2) is 42.5 Å². The lowest BCUT2D eigenvalue weighted by Gasteiger charge is -2.19. The largest absolute Gasteiger partial charge is 0.324 e. The van der Waals surface area contributed by atoms with Gasteiger partial charge in [0, 0.05) is 17.1 Å². The van der Waals surface area contributed by atoms with Crippen LogP contribution in [0.1, 0.15) is 36.8 Å². The van der Waals surface area contributed by atoms with Crippen LogP contribution in [0.2, 0.25) is 0 Å². The second-order valence-electron chi connectivity index (χ2n) is 7.42. The molecule has 3 amide bonds. The molecule has 6 heteroatoms. The zero-order valence-electron chi connectivity index (χ0n) is 15.2. The number of fused-ring (bicyclic) bond motifs is 1. The number of carbonyl (C=O) groups excluding carboxylic acids is 2. The fourth-order valence-corrected chi connectivity index (χ4v) is 3.48. The van der Waals surface area contributed by atoms with E-state index < -0.39 is 5.54 Å². The monoisotopic (exact) mass is 364 g/mol. The van der Waals surface area contributed by atoms with E-state index in [9.17, 15) is 9.59 Å². The number of aryl methyl sites for hydroxylation is 1. The van der Waals surface area contributed by atoms with E-state index in [1.54, 1.807) is 24.3 Å². The van der Waals surface area contributed by atoms with Crippen molar-refractivity contribution in [3.63, 3.8) is 0 Å². The van der Waals surface area contributed by atoms with Gasteiger partial charge < -0.3 is 21.7 Å². The lowest BCUT2D eigenvalue weighted by molar-refractivity contribution is -0.118. The molecule has 5 N–H and O–H groups in total. The van der Waals surface area contributed by atoms with Gasteiger partial charge in [0.1, 0.15) is 0 Å². The summed E-state index contributed by atoms with van der Waals surface area (Å²) in [6, 6.07) is 12.8. The predicted molar refractivity (Wildman–Crippen MR) is 107 cm³/mol. The molecule has 0 bridgehead atoms. The number of nitrogens with two attached hydrogens (primary N) is 1. The van der Waals surface area contributed by atoms with E-state index in [1.807, 2.05) is 12.1 Å². The molecular weight excluding hydrogens is 340 g/mol. The van der Waals surface area contributed by atoms with E-state index >= 15 is 0 Å². The van der Waals surface area contributed by atoms with E-state index in [1.165, 1.54) is 17.5 Å². The Hall–Kier alpha value is -2.86. The molecule has 0 aliphatic heterocycles. The van der Waals surface area contributed by atoms with Gasteiger partial charge in [-0.2, -0.15) is 0 Å². The summed E-state index contributed by atoms with van der Waals surface area (Å²) in [5.74, 6) is -0.181. The first kappa shape index (κ1) is 17.5. The van der Waals surface area contributed by atoms with Crippen molar-refractivity contribution in [3.05, 3.63) is 53.6 Å². The number of hydrogen-bond donors (Lipinski definition) is 4. The van der Waals surface area contributed by atoms with Crippen LogP contribution in [0, 0.1) is 0 Å². The summed E-state index contributed by atoms with van der Waals surface area (Å²) in [5, 5.41) is 8.60. The molecule has 1 saturated carbocycles. The van der Waals surface area contributed by atoms with Gasteiger partial charge in [0.05, 0.1) is 5.54 Å². The molecule has 0 atom stereocenters. The molecule has 0 radical (unpaired) electrons. The minimum atomic E-state index is -0.729. The van der Waals surface area contributed by atoms with Gasteiger partial charge in [-0.05, 0) is 73.9 Å². The van der Waals surface area contributed by atoms with Crippen LogP contribution in [0.4, 0.5) is 21.9 Å². The average Bonchev–Trinajstić information content (AvgIpc) is 3.41. The van der Waals surface area contributed by atoms with E-state index in [2.05, 4.69) is 22.0 Å². The van der Waals surface area contributed by atoms with Crippen LogP contribution in [0.3, 0.4) is 0 Å². The van der Waals surface area contributed by atoms with Gasteiger partial charge in [0.15, 0.2) is 0 Å². The third kappa shape index (κ3) is 3.95. The summed E-state index contributed by atoms with van der Waals surface area (Å²) in [7, 11) is 0. The molecule has 27 heavy (non-hydrogen) atoms. The lowest BCUT2D eigenvalue weighted by Crippen LogP contribution is -2.37. The van der Waals surface area contributed by atoms with Crippen LogP contribution in [0.25, 0.3) is 0 Å². The van der Waals surface area contributed by atoms with Gasteiger partial charge in [-0.25, -0.2) is 4.79 Å². The Morgan fingerprint density at radius 2 is 1.59 bits per heavy atom. The molecular formula is C21H24N4O2. The topological polar surface area (TPSA) is 96.2 Å². The fourth-order valence-electron chi connectivity index (χ4n) is 3.48. The van der Waals surface area contributed by atoms with Crippen LogP contribution in [-0.4, -0.2) is 17.5 Å². The highest BCUT2D eigenvalue weighted by Crippen LogP contribution is 2.33. The van der Waals surface area contributed by atoms with Crippen molar-refractivity contribution in [1.29, 1.82) is 0 Å². The number of benzene rings is 2. The summed E-state index contributed by atoms with van der Waals surface area (Å²) >= 11 is 0. The Morgan fingerprint density at radius 1 is 0.889 bits per heavy atom. The summed E-state index contributed by atoms with van der Waals surface area (Å²) < 4.78 is 0. The molecule has 0 saturated heterocycles. The standard InChI is InChI=1S/C21H24N4O2/c22-21(11-12-21)19(26)23-15-7-4-8-16(13-15)24-20(27)25-18-10-3-6-14-5-1-2-9-17(14)18/h3-4,6-8,10,13H,1-2,5,9,11-12,22H2,(H,23,26)(H2,24,25,27). The number of nitrogens with one attached hydrogen (secondary N) is 3. The molecule has 2 aromatic rings. The number of rotatable bonds is 4. The Bertz CT molecular complexity index is 890. The zero-order valence-corrected chi connectivity index (χ0v) is 15.2. The SMILES string of the molecule is NC1(C(=O)Nc2cccc(NC(=O)Nc3cccc4c3CCCC4)c2)CC1. The first-order valence-corrected chi connectivity index (χ1v) is 9.43. The predicted octanol–water partition coefficient (Wildman–Crippen LogP) is 3.64. The maximum absolute atomic E-state index is 12.4. The van der Waals surface area contributed by atoms with Gasteiger partial charge in [0.2, 0.25) is 5.91 Å². The van der Waals surface area contributed by atoms with Crippen molar-refractivity contribution in [2.24, 2.45) is 5.73 Å². The number of hydrogen-bond acceptors (Lipinski definition) is 3. The zero-order chi connectivity index (χ0) is 18.9. The molecule has 4 rings (SSSR count). The van der Waals surface area contributed by atoms with Crippen LogP contribution < -0.4 is 21.7 Å². The highest BCUT2D eigenvalue weighted by atomic mass is 16.2. The molecule has 0 aromatic heterocycles. The normalized spacial score (nSPS) is 16.8. The maximum Gasteiger partial charge on any atom is 0.323 e. The van der Waals surface area contributed by atoms with Crippen LogP contribution in [0.5, 0.6) is 0 Å². The second kappa shape index (κ2) is 7.04. The minimum Gasteiger partial charge on any atom is -0.324 e. The summed E-state index contributed by atoms with van der Waals surface area (Å²) in [6.45, 7) is 0. The van der Waals surface area contributed by atoms with Gasteiger partial charge in [-0.3, -0.25) is 4.79 Å². The molecule has 140 valence electrons. The van der Waals surface area contributed by atoms with Gasteiger partial charge in [-0.15, -0.1) is 0 Å². The van der Waals surface area contributed by atoms with Crippen molar-refractivity contribution in [1.82, 2.24) is 0 Å². The molecule has 0 unspecified atom stereocenters. The molecule has 2 aromatic carbocycles. The summed E-state index contributed by atoms with van der Waals surface area (Å²) in [5.41, 5.74) is 9.82. The Morgan fingerprint density at radius 3 is 2.37 bits per heavy atom. The molecule has 2 aliphatic carbocycles. The van der Waals surface area contributed by atoms with E-state index in [4.69, 9.17) is 5.73 Å². The number of amides is 3. The molecule has 0 spiro atoms. The van der Waals surface area contributed by atoms with Gasteiger partial charge in [-0.1, -0.05) is 18.2 Å². The minimum absolute atomic E-state index is 0.181. The first-order valence-electron chi connectivity index (χ1n) is 9.43. The highest BCUT2D eigenvalue weighted by Gasteiger charge is 2.45. The van der Waals surface area contributed by atoms with E-state index in [0.717, 1.165) is 24.9 Å². The number of anilines is 3. The highest BCUT2D eigenvalue weighted by molar-refractivity contribution is 6.02. The number of carbonyl (C=O) groups is 2. The average molecular weight is 364 g/mol. The molecule has 2 aliphatic rings. The van der Waals surface area contributed by atoms with Crippen molar-refractivity contribution < 1.29 is 9.59 Å². The summed E-state index contributed by atoms with van der Waals surface area (Å²) in [4.78, 5) is 24.5. The van der Waals surface area contributed by atoms with Gasteiger partial charge >= 0.3 is 6.03 Å². The third-order valence-corrected chi connectivity index (χ3v) is 5.26. The van der Waals surface area contributed by atoms with Gasteiger partial charge in [0.25, 0.3) is 0 Å². The lowest BCUT2D eigenvalue weighted by atomic mass is 9.90. The molecule has 6 nitrogen and oxygen atoms in total. The smallest absolute Gasteiger partial charge is 0.323 e. The van der Waals surface area contributed by atoms with E-state index in [0.29, 0.717) is 24.2 Å². The Balaban J connectivity index is 1.41. The van der Waals surface area contributed by atoms with Crippen molar-refractivity contribution in [2.45, 2.75) is 44.1 Å². The van der Waals surface area contributed by atoms with Crippen molar-refractivity contribution >= 4 is 29.0 Å². The maximum atomic E-state index is 12.4. The Kier molecular flexibility index (Phi) is 4.58. The summed E-state index contributed by atoms with van der Waals surface area (Å²) in [6.07, 6.45) is 5.83. The van der Waals surface area contributed by atoms with Crippen molar-refractivity contribution in [3.8, 4) is 0 Å². The third-order valence-electron chi connectivity index (χ3n) is 5.26. The quantitative estimate of drug-likeness (QED) is 0.667.